The molecule has 0 aliphatic rings. The van der Waals surface area contributed by atoms with Crippen LogP contribution in [0.25, 0.3) is 10.9 Å². The SMILES string of the molecule is CC(=O)NCCc1c[nH]c2ccc(OCCOc3cncc(Cl)c3)cc12. The Labute approximate surface area is 156 Å². The van der Waals surface area contributed by atoms with Crippen molar-refractivity contribution in [2.24, 2.45) is 0 Å². The molecule has 0 radical (unpaired) electrons. The van der Waals surface area contributed by atoms with E-state index >= 15 is 0 Å². The molecule has 0 fully saturated rings. The standard InChI is InChI=1S/C19H20ClN3O3/c1-13(24)22-5-4-14-10-23-19-3-2-16(9-18(14)19)25-6-7-26-17-8-15(20)11-21-12-17/h2-3,8-12,23H,4-7H2,1H3,(H,22,24). The largest absolute Gasteiger partial charge is 0.490 e. The zero-order chi connectivity index (χ0) is 18.4. The Morgan fingerprint density at radius 1 is 1.19 bits per heavy atom. The number of carbonyl (C=O) groups excluding carboxylic acids is 1. The summed E-state index contributed by atoms with van der Waals surface area (Å²) in [4.78, 5) is 18.2. The van der Waals surface area contributed by atoms with E-state index in [0.717, 1.165) is 28.6 Å². The van der Waals surface area contributed by atoms with Crippen molar-refractivity contribution >= 4 is 28.4 Å². The van der Waals surface area contributed by atoms with Crippen molar-refractivity contribution in [3.63, 3.8) is 0 Å². The molecule has 26 heavy (non-hydrogen) atoms. The number of ether oxygens (including phenoxy) is 2. The van der Waals surface area contributed by atoms with Gasteiger partial charge < -0.3 is 19.8 Å². The van der Waals surface area contributed by atoms with E-state index in [2.05, 4.69) is 15.3 Å². The third kappa shape index (κ3) is 4.89. The quantitative estimate of drug-likeness (QED) is 0.594. The molecule has 0 bridgehead atoms. The van der Waals surface area contributed by atoms with Crippen molar-refractivity contribution in [3.8, 4) is 11.5 Å². The summed E-state index contributed by atoms with van der Waals surface area (Å²) < 4.78 is 11.3. The van der Waals surface area contributed by atoms with E-state index in [0.29, 0.717) is 30.5 Å². The van der Waals surface area contributed by atoms with Gasteiger partial charge in [0.15, 0.2) is 0 Å². The summed E-state index contributed by atoms with van der Waals surface area (Å²) in [5.74, 6) is 1.36. The number of fused-ring (bicyclic) bond motifs is 1. The maximum atomic E-state index is 11.0. The van der Waals surface area contributed by atoms with Crippen LogP contribution in [0.5, 0.6) is 11.5 Å². The highest BCUT2D eigenvalue weighted by Gasteiger charge is 2.06. The minimum Gasteiger partial charge on any atom is -0.490 e. The summed E-state index contributed by atoms with van der Waals surface area (Å²) in [6.07, 6.45) is 5.89. The summed E-state index contributed by atoms with van der Waals surface area (Å²) in [5, 5.41) is 4.44. The van der Waals surface area contributed by atoms with Crippen molar-refractivity contribution in [3.05, 3.63) is 53.4 Å². The Kier molecular flexibility index (Phi) is 5.96. The van der Waals surface area contributed by atoms with Crippen LogP contribution in [0.15, 0.2) is 42.9 Å². The smallest absolute Gasteiger partial charge is 0.216 e. The molecule has 0 aliphatic heterocycles. The fourth-order valence-electron chi connectivity index (χ4n) is 2.62. The van der Waals surface area contributed by atoms with Crippen LogP contribution in [0.1, 0.15) is 12.5 Å². The molecule has 2 N–H and O–H groups in total. The molecule has 2 aromatic heterocycles. The van der Waals surface area contributed by atoms with Crippen molar-refractivity contribution in [1.82, 2.24) is 15.3 Å². The number of nitrogens with one attached hydrogen (secondary N) is 2. The van der Waals surface area contributed by atoms with E-state index in [1.807, 2.05) is 24.4 Å². The maximum Gasteiger partial charge on any atom is 0.216 e. The van der Waals surface area contributed by atoms with Crippen molar-refractivity contribution in [1.29, 1.82) is 0 Å². The molecule has 7 heteroatoms. The van der Waals surface area contributed by atoms with Gasteiger partial charge in [0, 0.05) is 42.8 Å². The van der Waals surface area contributed by atoms with Gasteiger partial charge in [-0.25, -0.2) is 0 Å². The van der Waals surface area contributed by atoms with Gasteiger partial charge in [-0.05, 0) is 30.2 Å². The number of H-pyrrole nitrogens is 1. The van der Waals surface area contributed by atoms with Crippen LogP contribution in [0.4, 0.5) is 0 Å². The second-order valence-electron chi connectivity index (χ2n) is 5.79. The van der Waals surface area contributed by atoms with Crippen LogP contribution < -0.4 is 14.8 Å². The number of nitrogens with zero attached hydrogens (tertiary/aromatic N) is 1. The lowest BCUT2D eigenvalue weighted by Gasteiger charge is -2.09. The summed E-state index contributed by atoms with van der Waals surface area (Å²) in [6.45, 7) is 2.92. The lowest BCUT2D eigenvalue weighted by molar-refractivity contribution is -0.118. The lowest BCUT2D eigenvalue weighted by Crippen LogP contribution is -2.22. The molecule has 0 unspecified atom stereocenters. The maximum absolute atomic E-state index is 11.0. The molecule has 3 rings (SSSR count). The Hall–Kier alpha value is -2.73. The number of hydrogen-bond donors (Lipinski definition) is 2. The third-order valence-electron chi connectivity index (χ3n) is 3.81. The van der Waals surface area contributed by atoms with Crippen LogP contribution in [-0.2, 0) is 11.2 Å². The molecule has 6 nitrogen and oxygen atoms in total. The zero-order valence-corrected chi connectivity index (χ0v) is 15.2. The zero-order valence-electron chi connectivity index (χ0n) is 14.4. The average molecular weight is 374 g/mol. The minimum absolute atomic E-state index is 0.0243. The van der Waals surface area contributed by atoms with Gasteiger partial charge in [0.05, 0.1) is 11.2 Å². The number of benzene rings is 1. The Morgan fingerprint density at radius 2 is 2.00 bits per heavy atom. The number of hydrogen-bond acceptors (Lipinski definition) is 4. The predicted octanol–water partition coefficient (Wildman–Crippen LogP) is 3.35. The van der Waals surface area contributed by atoms with Crippen molar-refractivity contribution < 1.29 is 14.3 Å². The molecule has 3 aromatic rings. The Morgan fingerprint density at radius 3 is 2.77 bits per heavy atom. The van der Waals surface area contributed by atoms with E-state index < -0.39 is 0 Å². The Balaban J connectivity index is 1.55. The van der Waals surface area contributed by atoms with Crippen LogP contribution in [0.2, 0.25) is 5.02 Å². The first-order chi connectivity index (χ1) is 12.6. The summed E-state index contributed by atoms with van der Waals surface area (Å²) in [7, 11) is 0. The number of carbonyl (C=O) groups is 1. The van der Waals surface area contributed by atoms with Gasteiger partial charge in [0.1, 0.15) is 24.7 Å². The summed E-state index contributed by atoms with van der Waals surface area (Å²) in [5.41, 5.74) is 2.18. The van der Waals surface area contributed by atoms with Crippen LogP contribution in [0.3, 0.4) is 0 Å². The molecule has 136 valence electrons. The highest BCUT2D eigenvalue weighted by molar-refractivity contribution is 6.30. The normalized spacial score (nSPS) is 10.7. The van der Waals surface area contributed by atoms with E-state index in [1.54, 1.807) is 18.5 Å². The van der Waals surface area contributed by atoms with Gasteiger partial charge in [-0.2, -0.15) is 0 Å². The van der Waals surface area contributed by atoms with Crippen molar-refractivity contribution in [2.45, 2.75) is 13.3 Å². The van der Waals surface area contributed by atoms with Gasteiger partial charge in [-0.3, -0.25) is 9.78 Å². The number of aromatic nitrogens is 2. The number of halogens is 1. The monoisotopic (exact) mass is 373 g/mol. The van der Waals surface area contributed by atoms with Gasteiger partial charge >= 0.3 is 0 Å². The van der Waals surface area contributed by atoms with Crippen molar-refractivity contribution in [2.75, 3.05) is 19.8 Å². The van der Waals surface area contributed by atoms with Gasteiger partial charge in [-0.15, -0.1) is 0 Å². The first-order valence-electron chi connectivity index (χ1n) is 8.32. The third-order valence-corrected chi connectivity index (χ3v) is 4.01. The molecular weight excluding hydrogens is 354 g/mol. The molecule has 1 aromatic carbocycles. The number of rotatable bonds is 8. The van der Waals surface area contributed by atoms with Crippen LogP contribution in [0, 0.1) is 0 Å². The van der Waals surface area contributed by atoms with Crippen LogP contribution >= 0.6 is 11.6 Å². The molecule has 0 saturated heterocycles. The first-order valence-corrected chi connectivity index (χ1v) is 8.70. The number of aromatic amines is 1. The molecule has 0 aliphatic carbocycles. The molecule has 0 spiro atoms. The topological polar surface area (TPSA) is 76.2 Å². The highest BCUT2D eigenvalue weighted by atomic mass is 35.5. The second kappa shape index (κ2) is 8.58. The summed E-state index contributed by atoms with van der Waals surface area (Å²) >= 11 is 5.87. The van der Waals surface area contributed by atoms with Gasteiger partial charge in [0.2, 0.25) is 5.91 Å². The van der Waals surface area contributed by atoms with E-state index in [4.69, 9.17) is 21.1 Å². The number of pyridine rings is 1. The lowest BCUT2D eigenvalue weighted by atomic mass is 10.1. The number of amides is 1. The van der Waals surface area contributed by atoms with Crippen LogP contribution in [-0.4, -0.2) is 35.6 Å². The van der Waals surface area contributed by atoms with E-state index in [-0.39, 0.29) is 5.91 Å². The molecule has 0 saturated carbocycles. The Bertz CT molecular complexity index is 895. The van der Waals surface area contributed by atoms with Gasteiger partial charge in [-0.1, -0.05) is 11.6 Å². The van der Waals surface area contributed by atoms with E-state index in [9.17, 15) is 4.79 Å². The molecule has 2 heterocycles. The van der Waals surface area contributed by atoms with Gasteiger partial charge in [0.25, 0.3) is 0 Å². The first kappa shape index (κ1) is 18.1. The molecule has 1 amide bonds. The fourth-order valence-corrected chi connectivity index (χ4v) is 2.78. The summed E-state index contributed by atoms with van der Waals surface area (Å²) in [6, 6.07) is 7.60. The highest BCUT2D eigenvalue weighted by Crippen LogP contribution is 2.24. The van der Waals surface area contributed by atoms with E-state index in [1.165, 1.54) is 6.92 Å². The molecular formula is C19H20ClN3O3. The fraction of sp³-hybridized carbons (Fsp3) is 0.263. The molecule has 0 atom stereocenters. The predicted molar refractivity (Wildman–Crippen MR) is 101 cm³/mol. The minimum atomic E-state index is -0.0243. The average Bonchev–Trinajstić information content (AvgIpc) is 3.01. The second-order valence-corrected chi connectivity index (χ2v) is 6.23.